The second-order valence-electron chi connectivity index (χ2n) is 4.77. The quantitative estimate of drug-likeness (QED) is 0.753. The monoisotopic (exact) mass is 242 g/mol. The zero-order valence-corrected chi connectivity index (χ0v) is 10.6. The molecule has 0 aromatic carbocycles. The standard InChI is InChI=1S/C13H22O4/c1-3-11(4-2)17-13(16)10-7-5-6-9(8-10)12(14)15/h9-11H,3-8H2,1-2H3,(H,14,15). The van der Waals surface area contributed by atoms with Gasteiger partial charge in [0.1, 0.15) is 6.10 Å². The third-order valence-electron chi connectivity index (χ3n) is 3.55. The van der Waals surface area contributed by atoms with E-state index in [0.717, 1.165) is 25.7 Å². The van der Waals surface area contributed by atoms with E-state index in [-0.39, 0.29) is 23.9 Å². The van der Waals surface area contributed by atoms with Crippen molar-refractivity contribution in [3.63, 3.8) is 0 Å². The van der Waals surface area contributed by atoms with Gasteiger partial charge in [0, 0.05) is 0 Å². The summed E-state index contributed by atoms with van der Waals surface area (Å²) in [5.74, 6) is -1.58. The average molecular weight is 242 g/mol. The van der Waals surface area contributed by atoms with E-state index in [1.807, 2.05) is 13.8 Å². The van der Waals surface area contributed by atoms with Crippen LogP contribution in [0.4, 0.5) is 0 Å². The molecule has 0 bridgehead atoms. The molecule has 0 aliphatic heterocycles. The van der Waals surface area contributed by atoms with E-state index >= 15 is 0 Å². The highest BCUT2D eigenvalue weighted by atomic mass is 16.5. The Morgan fingerprint density at radius 1 is 1.24 bits per heavy atom. The van der Waals surface area contributed by atoms with Gasteiger partial charge < -0.3 is 9.84 Å². The Morgan fingerprint density at radius 2 is 1.82 bits per heavy atom. The van der Waals surface area contributed by atoms with Gasteiger partial charge in [-0.15, -0.1) is 0 Å². The van der Waals surface area contributed by atoms with Crippen LogP contribution in [-0.2, 0) is 14.3 Å². The Morgan fingerprint density at radius 3 is 2.35 bits per heavy atom. The zero-order valence-electron chi connectivity index (χ0n) is 10.6. The van der Waals surface area contributed by atoms with Gasteiger partial charge in [0.2, 0.25) is 0 Å². The second kappa shape index (κ2) is 6.62. The van der Waals surface area contributed by atoms with Crippen LogP contribution in [0.2, 0.25) is 0 Å². The highest BCUT2D eigenvalue weighted by molar-refractivity contribution is 5.75. The highest BCUT2D eigenvalue weighted by Gasteiger charge is 2.32. The molecule has 1 N–H and O–H groups in total. The molecule has 0 amide bonds. The Labute approximate surface area is 102 Å². The minimum atomic E-state index is -0.787. The van der Waals surface area contributed by atoms with Crippen molar-refractivity contribution in [2.45, 2.75) is 58.5 Å². The number of carbonyl (C=O) groups is 2. The normalized spacial score (nSPS) is 24.6. The van der Waals surface area contributed by atoms with Crippen LogP contribution in [0.15, 0.2) is 0 Å². The van der Waals surface area contributed by atoms with Crippen molar-refractivity contribution >= 4 is 11.9 Å². The Hall–Kier alpha value is -1.06. The first kappa shape index (κ1) is 14.0. The van der Waals surface area contributed by atoms with Gasteiger partial charge in [-0.1, -0.05) is 20.3 Å². The van der Waals surface area contributed by atoms with Gasteiger partial charge in [-0.3, -0.25) is 9.59 Å². The number of carbonyl (C=O) groups excluding carboxylic acids is 1. The lowest BCUT2D eigenvalue weighted by Gasteiger charge is -2.26. The molecule has 4 nitrogen and oxygen atoms in total. The molecule has 0 radical (unpaired) electrons. The van der Waals surface area contributed by atoms with E-state index in [2.05, 4.69) is 0 Å². The molecule has 2 unspecified atom stereocenters. The fraction of sp³-hybridized carbons (Fsp3) is 0.846. The van der Waals surface area contributed by atoms with Crippen molar-refractivity contribution in [1.82, 2.24) is 0 Å². The van der Waals surface area contributed by atoms with Crippen LogP contribution in [0.5, 0.6) is 0 Å². The molecule has 0 aromatic rings. The van der Waals surface area contributed by atoms with E-state index in [4.69, 9.17) is 9.84 Å². The van der Waals surface area contributed by atoms with E-state index < -0.39 is 5.97 Å². The van der Waals surface area contributed by atoms with Gasteiger partial charge in [0.05, 0.1) is 11.8 Å². The molecule has 0 aromatic heterocycles. The lowest BCUT2D eigenvalue weighted by Crippen LogP contribution is -2.30. The SMILES string of the molecule is CCC(CC)OC(=O)C1CCCC(C(=O)O)C1. The summed E-state index contributed by atoms with van der Waals surface area (Å²) in [6.45, 7) is 3.98. The summed E-state index contributed by atoms with van der Waals surface area (Å²) >= 11 is 0. The molecule has 1 saturated carbocycles. The molecular formula is C13H22O4. The molecule has 1 aliphatic rings. The molecular weight excluding hydrogens is 220 g/mol. The Balaban J connectivity index is 2.48. The number of esters is 1. The Bertz CT molecular complexity index is 271. The summed E-state index contributed by atoms with van der Waals surface area (Å²) in [7, 11) is 0. The molecule has 0 spiro atoms. The van der Waals surface area contributed by atoms with Gasteiger partial charge in [0.15, 0.2) is 0 Å². The van der Waals surface area contributed by atoms with Crippen molar-refractivity contribution in [3.05, 3.63) is 0 Å². The molecule has 0 saturated heterocycles. The predicted molar refractivity (Wildman–Crippen MR) is 63.5 cm³/mol. The van der Waals surface area contributed by atoms with Crippen molar-refractivity contribution < 1.29 is 19.4 Å². The van der Waals surface area contributed by atoms with Gasteiger partial charge in [-0.25, -0.2) is 0 Å². The van der Waals surface area contributed by atoms with E-state index in [1.165, 1.54) is 0 Å². The minimum Gasteiger partial charge on any atom is -0.481 e. The molecule has 1 aliphatic carbocycles. The molecule has 0 heterocycles. The van der Waals surface area contributed by atoms with Gasteiger partial charge in [0.25, 0.3) is 0 Å². The van der Waals surface area contributed by atoms with Gasteiger partial charge >= 0.3 is 11.9 Å². The zero-order chi connectivity index (χ0) is 12.8. The number of hydrogen-bond donors (Lipinski definition) is 1. The fourth-order valence-electron chi connectivity index (χ4n) is 2.34. The lowest BCUT2D eigenvalue weighted by atomic mass is 9.81. The predicted octanol–water partition coefficient (Wildman–Crippen LogP) is 2.61. The number of ether oxygens (including phenoxy) is 1. The Kier molecular flexibility index (Phi) is 5.45. The first-order valence-electron chi connectivity index (χ1n) is 6.51. The molecule has 1 rings (SSSR count). The highest BCUT2D eigenvalue weighted by Crippen LogP contribution is 2.30. The van der Waals surface area contributed by atoms with E-state index in [9.17, 15) is 9.59 Å². The number of carboxylic acid groups (broad SMARTS) is 1. The maximum Gasteiger partial charge on any atom is 0.309 e. The van der Waals surface area contributed by atoms with Crippen LogP contribution >= 0.6 is 0 Å². The first-order chi connectivity index (χ1) is 8.08. The fourth-order valence-corrected chi connectivity index (χ4v) is 2.34. The first-order valence-corrected chi connectivity index (χ1v) is 6.51. The smallest absolute Gasteiger partial charge is 0.309 e. The van der Waals surface area contributed by atoms with Crippen LogP contribution in [0, 0.1) is 11.8 Å². The summed E-state index contributed by atoms with van der Waals surface area (Å²) in [5.41, 5.74) is 0. The molecule has 4 heteroatoms. The van der Waals surface area contributed by atoms with Crippen molar-refractivity contribution in [3.8, 4) is 0 Å². The molecule has 2 atom stereocenters. The average Bonchev–Trinajstić information content (AvgIpc) is 2.35. The number of rotatable bonds is 5. The van der Waals surface area contributed by atoms with Crippen LogP contribution < -0.4 is 0 Å². The third kappa shape index (κ3) is 4.02. The van der Waals surface area contributed by atoms with Crippen molar-refractivity contribution in [1.29, 1.82) is 0 Å². The van der Waals surface area contributed by atoms with Gasteiger partial charge in [-0.2, -0.15) is 0 Å². The summed E-state index contributed by atoms with van der Waals surface area (Å²) in [6.07, 6.45) is 4.31. The summed E-state index contributed by atoms with van der Waals surface area (Å²) in [4.78, 5) is 22.8. The summed E-state index contributed by atoms with van der Waals surface area (Å²) in [6, 6.07) is 0. The number of aliphatic carboxylic acids is 1. The third-order valence-corrected chi connectivity index (χ3v) is 3.55. The number of hydrogen-bond acceptors (Lipinski definition) is 3. The van der Waals surface area contributed by atoms with E-state index in [0.29, 0.717) is 12.8 Å². The lowest BCUT2D eigenvalue weighted by molar-refractivity contribution is -0.157. The largest absolute Gasteiger partial charge is 0.481 e. The topological polar surface area (TPSA) is 63.6 Å². The van der Waals surface area contributed by atoms with E-state index in [1.54, 1.807) is 0 Å². The van der Waals surface area contributed by atoms with Crippen molar-refractivity contribution in [2.24, 2.45) is 11.8 Å². The maximum atomic E-state index is 11.9. The maximum absolute atomic E-state index is 11.9. The van der Waals surface area contributed by atoms with Crippen molar-refractivity contribution in [2.75, 3.05) is 0 Å². The number of carboxylic acids is 1. The second-order valence-corrected chi connectivity index (χ2v) is 4.77. The summed E-state index contributed by atoms with van der Waals surface area (Å²) in [5, 5.41) is 8.96. The summed E-state index contributed by atoms with van der Waals surface area (Å²) < 4.78 is 5.38. The van der Waals surface area contributed by atoms with Crippen LogP contribution in [0.25, 0.3) is 0 Å². The molecule has 17 heavy (non-hydrogen) atoms. The van der Waals surface area contributed by atoms with Crippen LogP contribution in [0.1, 0.15) is 52.4 Å². The van der Waals surface area contributed by atoms with Crippen LogP contribution in [0.3, 0.4) is 0 Å². The van der Waals surface area contributed by atoms with Gasteiger partial charge in [-0.05, 0) is 32.1 Å². The molecule has 98 valence electrons. The molecule has 1 fully saturated rings. The van der Waals surface area contributed by atoms with Crippen LogP contribution in [-0.4, -0.2) is 23.1 Å². The minimum absolute atomic E-state index is 0.0206.